The highest BCUT2D eigenvalue weighted by Crippen LogP contribution is 2.45. The Morgan fingerprint density at radius 1 is 1.19 bits per heavy atom. The molecule has 0 aromatic heterocycles. The van der Waals surface area contributed by atoms with Crippen LogP contribution in [0.3, 0.4) is 0 Å². The molecular formula is C13H27NO2. The molecule has 1 saturated carbocycles. The van der Waals surface area contributed by atoms with E-state index in [1.165, 1.54) is 6.42 Å². The van der Waals surface area contributed by atoms with Gasteiger partial charge in [-0.3, -0.25) is 0 Å². The number of hydrogen-bond donors (Lipinski definition) is 1. The van der Waals surface area contributed by atoms with Crippen LogP contribution in [0.15, 0.2) is 0 Å². The molecule has 1 aliphatic rings. The van der Waals surface area contributed by atoms with Gasteiger partial charge >= 0.3 is 0 Å². The molecule has 0 radical (unpaired) electrons. The van der Waals surface area contributed by atoms with Crippen molar-refractivity contribution in [1.82, 2.24) is 0 Å². The van der Waals surface area contributed by atoms with Gasteiger partial charge in [0.15, 0.2) is 0 Å². The SMILES string of the molecule is COCCOCC1(C)CC(N)CC(C)(C)C1. The number of methoxy groups -OCH3 is 1. The molecule has 0 saturated heterocycles. The normalized spacial score (nSPS) is 33.9. The molecule has 0 aliphatic heterocycles. The highest BCUT2D eigenvalue weighted by Gasteiger charge is 2.40. The monoisotopic (exact) mass is 229 g/mol. The zero-order valence-electron chi connectivity index (χ0n) is 11.2. The van der Waals surface area contributed by atoms with Crippen LogP contribution in [-0.4, -0.2) is 33.0 Å². The largest absolute Gasteiger partial charge is 0.382 e. The quantitative estimate of drug-likeness (QED) is 0.735. The van der Waals surface area contributed by atoms with Crippen molar-refractivity contribution < 1.29 is 9.47 Å². The third-order valence-corrected chi connectivity index (χ3v) is 3.36. The van der Waals surface area contributed by atoms with E-state index in [1.54, 1.807) is 7.11 Å². The first-order chi connectivity index (χ1) is 7.37. The molecule has 1 aliphatic carbocycles. The predicted octanol–water partition coefficient (Wildman–Crippen LogP) is 2.19. The third-order valence-electron chi connectivity index (χ3n) is 3.36. The van der Waals surface area contributed by atoms with Gasteiger partial charge in [0.2, 0.25) is 0 Å². The van der Waals surface area contributed by atoms with E-state index in [1.807, 2.05) is 0 Å². The lowest BCUT2D eigenvalue weighted by atomic mass is 9.63. The minimum atomic E-state index is 0.231. The second-order valence-electron chi connectivity index (χ2n) is 6.37. The molecule has 2 N–H and O–H groups in total. The van der Waals surface area contributed by atoms with Crippen LogP contribution in [0, 0.1) is 10.8 Å². The van der Waals surface area contributed by atoms with E-state index < -0.39 is 0 Å². The Morgan fingerprint density at radius 2 is 1.88 bits per heavy atom. The standard InChI is InChI=1S/C13H27NO2/c1-12(2)7-11(14)8-13(3,9-12)10-16-6-5-15-4/h11H,5-10,14H2,1-4H3. The van der Waals surface area contributed by atoms with Crippen LogP contribution in [0.25, 0.3) is 0 Å². The van der Waals surface area contributed by atoms with Gasteiger partial charge in [0.1, 0.15) is 0 Å². The van der Waals surface area contributed by atoms with Crippen LogP contribution >= 0.6 is 0 Å². The predicted molar refractivity (Wildman–Crippen MR) is 66.4 cm³/mol. The second kappa shape index (κ2) is 5.48. The smallest absolute Gasteiger partial charge is 0.0700 e. The lowest BCUT2D eigenvalue weighted by Gasteiger charge is -2.45. The summed E-state index contributed by atoms with van der Waals surface area (Å²) in [7, 11) is 1.70. The van der Waals surface area contributed by atoms with Crippen LogP contribution in [0.5, 0.6) is 0 Å². The molecular weight excluding hydrogens is 202 g/mol. The maximum absolute atomic E-state index is 6.14. The minimum absolute atomic E-state index is 0.231. The fourth-order valence-corrected chi connectivity index (χ4v) is 3.29. The Morgan fingerprint density at radius 3 is 2.44 bits per heavy atom. The third kappa shape index (κ3) is 4.40. The second-order valence-corrected chi connectivity index (χ2v) is 6.37. The molecule has 0 spiro atoms. The first kappa shape index (κ1) is 13.9. The summed E-state index contributed by atoms with van der Waals surface area (Å²) < 4.78 is 10.7. The summed E-state index contributed by atoms with van der Waals surface area (Å²) in [6, 6.07) is 0.319. The number of hydrogen-bond acceptors (Lipinski definition) is 3. The fourth-order valence-electron chi connectivity index (χ4n) is 3.29. The molecule has 1 fully saturated rings. The summed E-state index contributed by atoms with van der Waals surface area (Å²) in [6.45, 7) is 9.06. The van der Waals surface area contributed by atoms with Crippen molar-refractivity contribution in [3.05, 3.63) is 0 Å². The van der Waals surface area contributed by atoms with Crippen molar-refractivity contribution in [1.29, 1.82) is 0 Å². The highest BCUT2D eigenvalue weighted by molar-refractivity contribution is 4.93. The molecule has 0 aromatic rings. The molecule has 0 heterocycles. The molecule has 3 heteroatoms. The van der Waals surface area contributed by atoms with Gasteiger partial charge in [-0.25, -0.2) is 0 Å². The lowest BCUT2D eigenvalue weighted by Crippen LogP contribution is -2.44. The van der Waals surface area contributed by atoms with E-state index >= 15 is 0 Å². The maximum Gasteiger partial charge on any atom is 0.0700 e. The molecule has 2 unspecified atom stereocenters. The van der Waals surface area contributed by atoms with Crippen LogP contribution in [-0.2, 0) is 9.47 Å². The van der Waals surface area contributed by atoms with Gasteiger partial charge in [-0.05, 0) is 30.1 Å². The van der Waals surface area contributed by atoms with Crippen molar-refractivity contribution in [2.75, 3.05) is 26.9 Å². The van der Waals surface area contributed by atoms with Gasteiger partial charge in [-0.1, -0.05) is 20.8 Å². The van der Waals surface area contributed by atoms with Crippen molar-refractivity contribution in [3.8, 4) is 0 Å². The number of rotatable bonds is 5. The Labute approximate surface area is 99.7 Å². The zero-order valence-corrected chi connectivity index (χ0v) is 11.2. The van der Waals surface area contributed by atoms with Crippen LogP contribution in [0.2, 0.25) is 0 Å². The molecule has 0 bridgehead atoms. The topological polar surface area (TPSA) is 44.5 Å². The molecule has 16 heavy (non-hydrogen) atoms. The van der Waals surface area contributed by atoms with Gasteiger partial charge < -0.3 is 15.2 Å². The van der Waals surface area contributed by atoms with E-state index in [4.69, 9.17) is 15.2 Å². The summed E-state index contributed by atoms with van der Waals surface area (Å²) in [5.41, 5.74) is 6.71. The van der Waals surface area contributed by atoms with Gasteiger partial charge in [0, 0.05) is 13.2 Å². The van der Waals surface area contributed by atoms with Crippen LogP contribution in [0.1, 0.15) is 40.0 Å². The summed E-state index contributed by atoms with van der Waals surface area (Å²) in [6.07, 6.45) is 3.39. The first-order valence-electron chi connectivity index (χ1n) is 6.19. The van der Waals surface area contributed by atoms with E-state index in [0.29, 0.717) is 24.7 Å². The lowest BCUT2D eigenvalue weighted by molar-refractivity contribution is -0.0224. The van der Waals surface area contributed by atoms with Gasteiger partial charge in [-0.2, -0.15) is 0 Å². The Kier molecular flexibility index (Phi) is 4.77. The summed E-state index contributed by atoms with van der Waals surface area (Å²) in [5.74, 6) is 0. The van der Waals surface area contributed by atoms with E-state index in [9.17, 15) is 0 Å². The summed E-state index contributed by atoms with van der Waals surface area (Å²) in [4.78, 5) is 0. The molecule has 2 atom stereocenters. The molecule has 3 nitrogen and oxygen atoms in total. The van der Waals surface area contributed by atoms with Crippen LogP contribution in [0.4, 0.5) is 0 Å². The highest BCUT2D eigenvalue weighted by atomic mass is 16.5. The van der Waals surface area contributed by atoms with Gasteiger partial charge in [-0.15, -0.1) is 0 Å². The molecule has 96 valence electrons. The van der Waals surface area contributed by atoms with Gasteiger partial charge in [0.25, 0.3) is 0 Å². The van der Waals surface area contributed by atoms with Crippen molar-refractivity contribution >= 4 is 0 Å². The maximum atomic E-state index is 6.14. The van der Waals surface area contributed by atoms with Gasteiger partial charge in [0.05, 0.1) is 19.8 Å². The van der Waals surface area contributed by atoms with E-state index in [-0.39, 0.29) is 5.41 Å². The average molecular weight is 229 g/mol. The molecule has 0 aromatic carbocycles. The first-order valence-corrected chi connectivity index (χ1v) is 6.19. The van der Waals surface area contributed by atoms with Crippen LogP contribution < -0.4 is 5.73 Å². The van der Waals surface area contributed by atoms with Crippen molar-refractivity contribution in [2.45, 2.75) is 46.1 Å². The molecule has 0 amide bonds. The van der Waals surface area contributed by atoms with Crippen molar-refractivity contribution in [2.24, 2.45) is 16.6 Å². The summed E-state index contributed by atoms with van der Waals surface area (Å²) >= 11 is 0. The summed E-state index contributed by atoms with van der Waals surface area (Å²) in [5, 5.41) is 0. The minimum Gasteiger partial charge on any atom is -0.382 e. The Bertz CT molecular complexity index is 218. The average Bonchev–Trinajstić information content (AvgIpc) is 2.08. The Hall–Kier alpha value is -0.120. The number of ether oxygens (including phenoxy) is 2. The van der Waals surface area contributed by atoms with E-state index in [0.717, 1.165) is 19.4 Å². The molecule has 1 rings (SSSR count). The number of nitrogens with two attached hydrogens (primary N) is 1. The zero-order chi connectivity index (χ0) is 12.2. The van der Waals surface area contributed by atoms with E-state index in [2.05, 4.69) is 20.8 Å². The Balaban J connectivity index is 2.42. The fraction of sp³-hybridized carbons (Fsp3) is 1.00. The van der Waals surface area contributed by atoms with Crippen molar-refractivity contribution in [3.63, 3.8) is 0 Å².